The molecule has 6 rings (SSSR count). The van der Waals surface area contributed by atoms with Crippen LogP contribution in [-0.4, -0.2) is 58.3 Å². The number of carbonyl (C=O) groups excluding carboxylic acids is 3. The molecule has 6 aromatic rings. The number of methoxy groups -OCH3 is 1. The number of hydrogen-bond donors (Lipinski definition) is 0. The van der Waals surface area contributed by atoms with Crippen LogP contribution in [0.4, 0.5) is 0 Å². The predicted molar refractivity (Wildman–Crippen MR) is 239 cm³/mol. The standard InChI is InChI=1S/C32H34N4O4.C20H22O3.Dy/c1-23-13-25(31(39)27(15-23)21-37)17-35(19-29-7-3-5-9-33-29)11-12-36(20-30-8-4-6-10-34-30)18-26-14-24(2)16-28(22-38)32(26)40;1-20(2,3)16-9-5-14(6-10-16)18(21)13-19(22)15-7-11-17(23-4)12-8-15;/h3-10,13-16,21-22,39-40H,11-12,17-20H2,1-2H3;5-13,22H,1-4H3;/q;;+3/p-3/b;19-13-;. The van der Waals surface area contributed by atoms with Gasteiger partial charge in [-0.25, -0.2) is 0 Å². The molecule has 0 aliphatic rings. The van der Waals surface area contributed by atoms with Crippen LogP contribution in [0.1, 0.15) is 96.6 Å². The van der Waals surface area contributed by atoms with Crippen molar-refractivity contribution in [3.63, 3.8) is 0 Å². The largest absolute Gasteiger partial charge is 3.00 e. The minimum atomic E-state index is -0.308. The minimum absolute atomic E-state index is 0. The average molecular weight is 1010 g/mol. The van der Waals surface area contributed by atoms with E-state index >= 15 is 0 Å². The third kappa shape index (κ3) is 15.0. The second-order valence-electron chi connectivity index (χ2n) is 16.4. The van der Waals surface area contributed by atoms with Crippen molar-refractivity contribution in [1.29, 1.82) is 0 Å². The molecule has 64 heavy (non-hydrogen) atoms. The fraction of sp³-hybridized carbons (Fsp3) is 0.250. The van der Waals surface area contributed by atoms with Crippen LogP contribution in [-0.2, 0) is 31.6 Å². The first-order chi connectivity index (χ1) is 30.2. The van der Waals surface area contributed by atoms with Gasteiger partial charge in [-0.2, -0.15) is 0 Å². The Morgan fingerprint density at radius 1 is 0.656 bits per heavy atom. The van der Waals surface area contributed by atoms with Gasteiger partial charge in [-0.3, -0.25) is 34.2 Å². The van der Waals surface area contributed by atoms with Gasteiger partial charge in [0, 0.05) is 68.4 Å². The van der Waals surface area contributed by atoms with Crippen molar-refractivity contribution in [2.75, 3.05) is 20.2 Å². The van der Waals surface area contributed by atoms with Gasteiger partial charge >= 0.3 is 38.2 Å². The molecule has 12 heteroatoms. The zero-order valence-corrected chi connectivity index (χ0v) is 39.0. The SMILES string of the molecule is COc1ccc(/C([O-])=C/C(=O)c2ccc(C(C)(C)C)cc2)cc1.Cc1cc(C=O)c([O-])c(CN(CCN(Cc2ccccn2)Cc2cc(C)cc(C=O)c2[O-])Cc2ccccn2)c1.[Dy+3]. The van der Waals surface area contributed by atoms with Crippen LogP contribution in [0.2, 0.25) is 0 Å². The molecule has 2 heterocycles. The van der Waals surface area contributed by atoms with Gasteiger partial charge in [-0.15, -0.1) is 0 Å². The summed E-state index contributed by atoms with van der Waals surface area (Å²) in [6.45, 7) is 12.8. The molecule has 0 unspecified atom stereocenters. The summed E-state index contributed by atoms with van der Waals surface area (Å²) in [5.74, 6) is -0.460. The van der Waals surface area contributed by atoms with Crippen LogP contribution >= 0.6 is 0 Å². The molecule has 0 fully saturated rings. The molecule has 1 radical (unpaired) electrons. The zero-order chi connectivity index (χ0) is 45.5. The van der Waals surface area contributed by atoms with Crippen LogP contribution in [0.3, 0.4) is 0 Å². The van der Waals surface area contributed by atoms with Crippen LogP contribution < -0.4 is 20.1 Å². The normalized spacial score (nSPS) is 11.3. The number of carbonyl (C=O) groups is 3. The summed E-state index contributed by atoms with van der Waals surface area (Å²) in [6, 6.07) is 32.3. The van der Waals surface area contributed by atoms with E-state index in [0.29, 0.717) is 79.8 Å². The molecule has 0 aliphatic heterocycles. The van der Waals surface area contributed by atoms with Crippen LogP contribution in [0, 0.1) is 52.0 Å². The molecule has 0 spiro atoms. The van der Waals surface area contributed by atoms with Gasteiger partial charge in [0.05, 0.1) is 18.5 Å². The van der Waals surface area contributed by atoms with Crippen molar-refractivity contribution in [2.24, 2.45) is 0 Å². The Labute approximate surface area is 406 Å². The monoisotopic (exact) mass is 1010 g/mol. The summed E-state index contributed by atoms with van der Waals surface area (Å²) < 4.78 is 5.05. The smallest absolute Gasteiger partial charge is 0.872 e. The van der Waals surface area contributed by atoms with Crippen molar-refractivity contribution in [2.45, 2.75) is 66.2 Å². The Morgan fingerprint density at radius 2 is 1.11 bits per heavy atom. The number of hydrogen-bond acceptors (Lipinski definition) is 11. The molecular formula is C52H53DyN4O7. The van der Waals surface area contributed by atoms with Crippen molar-refractivity contribution in [1.82, 2.24) is 19.8 Å². The quantitative estimate of drug-likeness (QED) is 0.0395. The Balaban J connectivity index is 0.000000319. The van der Waals surface area contributed by atoms with E-state index in [2.05, 4.69) is 40.5 Å². The van der Waals surface area contributed by atoms with Crippen molar-refractivity contribution in [3.8, 4) is 17.2 Å². The summed E-state index contributed by atoms with van der Waals surface area (Å²) in [4.78, 5) is 48.3. The first-order valence-electron chi connectivity index (χ1n) is 20.6. The Morgan fingerprint density at radius 3 is 1.50 bits per heavy atom. The molecule has 333 valence electrons. The molecule has 0 saturated heterocycles. The van der Waals surface area contributed by atoms with E-state index in [9.17, 15) is 29.7 Å². The average Bonchev–Trinajstić information content (AvgIpc) is 3.28. The molecule has 0 atom stereocenters. The van der Waals surface area contributed by atoms with E-state index in [1.807, 2.05) is 74.5 Å². The number of rotatable bonds is 17. The van der Waals surface area contributed by atoms with E-state index in [0.717, 1.165) is 34.2 Å². The summed E-state index contributed by atoms with van der Waals surface area (Å²) in [7, 11) is 1.56. The second-order valence-corrected chi connectivity index (χ2v) is 16.4. The van der Waals surface area contributed by atoms with Gasteiger partial charge in [0.25, 0.3) is 0 Å². The maximum atomic E-state index is 12.9. The second kappa shape index (κ2) is 24.4. The zero-order valence-electron chi connectivity index (χ0n) is 37.0. The number of ether oxygens (including phenoxy) is 1. The molecule has 2 aromatic heterocycles. The first kappa shape index (κ1) is 51.0. The molecule has 0 N–H and O–H groups in total. The molecule has 0 aliphatic carbocycles. The summed E-state index contributed by atoms with van der Waals surface area (Å²) in [6.07, 6.45) is 5.80. The van der Waals surface area contributed by atoms with Gasteiger partial charge in [0.15, 0.2) is 5.78 Å². The number of aldehydes is 2. The number of pyridine rings is 2. The Kier molecular flexibility index (Phi) is 19.4. The third-order valence-corrected chi connectivity index (χ3v) is 10.3. The van der Waals surface area contributed by atoms with Gasteiger partial charge in [0.1, 0.15) is 18.3 Å². The van der Waals surface area contributed by atoms with E-state index in [1.54, 1.807) is 68.0 Å². The number of aryl methyl sites for hydroxylation is 2. The van der Waals surface area contributed by atoms with Crippen LogP contribution in [0.5, 0.6) is 17.2 Å². The van der Waals surface area contributed by atoms with Crippen molar-refractivity contribution >= 4 is 24.1 Å². The minimum Gasteiger partial charge on any atom is -0.872 e. The number of benzene rings is 4. The number of allylic oxidation sites excluding steroid dienone is 1. The van der Waals surface area contributed by atoms with Gasteiger partial charge < -0.3 is 20.1 Å². The number of nitrogens with zero attached hydrogens (tertiary/aromatic N) is 4. The fourth-order valence-electron chi connectivity index (χ4n) is 6.98. The fourth-order valence-corrected chi connectivity index (χ4v) is 6.98. The summed E-state index contributed by atoms with van der Waals surface area (Å²) >= 11 is 0. The van der Waals surface area contributed by atoms with Gasteiger partial charge in [-0.1, -0.05) is 110 Å². The number of ketones is 1. The molecular weight excluding hydrogens is 955 g/mol. The summed E-state index contributed by atoms with van der Waals surface area (Å²) in [5.41, 5.74) is 6.95. The van der Waals surface area contributed by atoms with E-state index in [4.69, 9.17) is 4.74 Å². The third-order valence-electron chi connectivity index (χ3n) is 10.3. The maximum absolute atomic E-state index is 12.9. The van der Waals surface area contributed by atoms with Gasteiger partial charge in [0.2, 0.25) is 0 Å². The molecule has 11 nitrogen and oxygen atoms in total. The van der Waals surface area contributed by atoms with Crippen LogP contribution in [0.15, 0.2) is 128 Å². The van der Waals surface area contributed by atoms with Crippen LogP contribution in [0.25, 0.3) is 5.76 Å². The Hall–Kier alpha value is -5.68. The Bertz CT molecular complexity index is 2380. The molecule has 0 amide bonds. The van der Waals surface area contributed by atoms with E-state index in [1.165, 1.54) is 0 Å². The number of aromatic nitrogens is 2. The van der Waals surface area contributed by atoms with Crippen molar-refractivity contribution in [3.05, 3.63) is 189 Å². The van der Waals surface area contributed by atoms with E-state index < -0.39 is 0 Å². The molecule has 0 saturated carbocycles. The van der Waals surface area contributed by atoms with Crippen molar-refractivity contribution < 1.29 is 72.6 Å². The first-order valence-corrected chi connectivity index (χ1v) is 20.6. The molecule has 0 bridgehead atoms. The maximum Gasteiger partial charge on any atom is 3.00 e. The van der Waals surface area contributed by atoms with E-state index in [-0.39, 0.29) is 77.8 Å². The summed E-state index contributed by atoms with van der Waals surface area (Å²) in [5, 5.41) is 38.0. The predicted octanol–water partition coefficient (Wildman–Crippen LogP) is 7.15. The topological polar surface area (TPSA) is 162 Å². The van der Waals surface area contributed by atoms with Gasteiger partial charge in [-0.05, 0) is 96.1 Å². The molecule has 4 aromatic carbocycles.